The predicted molar refractivity (Wildman–Crippen MR) is 90.5 cm³/mol. The van der Waals surface area contributed by atoms with Crippen molar-refractivity contribution in [3.63, 3.8) is 0 Å². The molecule has 3 aromatic rings. The SMILES string of the molecule is Cc1cc(C)cc(C(=O)c2c(C)[nH]n(-c3ccccc3)c2=O)c1. The van der Waals surface area contributed by atoms with Crippen LogP contribution in [0.15, 0.2) is 53.3 Å². The Morgan fingerprint density at radius 3 is 2.17 bits per heavy atom. The molecule has 1 N–H and O–H groups in total. The van der Waals surface area contributed by atoms with Gasteiger partial charge in [-0.25, -0.2) is 4.68 Å². The summed E-state index contributed by atoms with van der Waals surface area (Å²) in [5, 5.41) is 2.99. The number of H-pyrrole nitrogens is 1. The van der Waals surface area contributed by atoms with Crippen molar-refractivity contribution < 1.29 is 4.79 Å². The Labute approximate surface area is 134 Å². The summed E-state index contributed by atoms with van der Waals surface area (Å²) in [6, 6.07) is 14.9. The van der Waals surface area contributed by atoms with E-state index in [2.05, 4.69) is 5.10 Å². The van der Waals surface area contributed by atoms with Crippen molar-refractivity contribution in [2.24, 2.45) is 0 Å². The van der Waals surface area contributed by atoms with Gasteiger partial charge in [-0.3, -0.25) is 14.7 Å². The molecule has 0 fully saturated rings. The zero-order valence-electron chi connectivity index (χ0n) is 13.4. The lowest BCUT2D eigenvalue weighted by atomic mass is 10.00. The number of benzene rings is 2. The van der Waals surface area contributed by atoms with E-state index < -0.39 is 0 Å². The molecule has 0 bridgehead atoms. The van der Waals surface area contributed by atoms with Crippen molar-refractivity contribution in [2.45, 2.75) is 20.8 Å². The summed E-state index contributed by atoms with van der Waals surface area (Å²) in [6.45, 7) is 5.63. The van der Waals surface area contributed by atoms with Crippen LogP contribution in [0.1, 0.15) is 32.7 Å². The minimum atomic E-state index is -0.321. The van der Waals surface area contributed by atoms with Gasteiger partial charge in [0.05, 0.1) is 5.69 Å². The molecule has 4 nitrogen and oxygen atoms in total. The lowest BCUT2D eigenvalue weighted by Crippen LogP contribution is -2.21. The van der Waals surface area contributed by atoms with E-state index in [0.717, 1.165) is 11.1 Å². The van der Waals surface area contributed by atoms with Crippen molar-refractivity contribution in [3.05, 3.63) is 86.8 Å². The van der Waals surface area contributed by atoms with Gasteiger partial charge in [-0.2, -0.15) is 0 Å². The molecule has 1 heterocycles. The Bertz CT molecular complexity index is 913. The maximum atomic E-state index is 12.8. The van der Waals surface area contributed by atoms with Gasteiger partial charge >= 0.3 is 0 Å². The zero-order valence-corrected chi connectivity index (χ0v) is 13.4. The van der Waals surface area contributed by atoms with Crippen LogP contribution in [0.25, 0.3) is 5.69 Å². The van der Waals surface area contributed by atoms with Crippen LogP contribution in [0.5, 0.6) is 0 Å². The lowest BCUT2D eigenvalue weighted by Gasteiger charge is -2.03. The Kier molecular flexibility index (Phi) is 3.74. The van der Waals surface area contributed by atoms with Crippen LogP contribution >= 0.6 is 0 Å². The monoisotopic (exact) mass is 306 g/mol. The molecule has 23 heavy (non-hydrogen) atoms. The Balaban J connectivity index is 2.12. The first-order valence-corrected chi connectivity index (χ1v) is 7.47. The molecule has 0 amide bonds. The highest BCUT2D eigenvalue weighted by atomic mass is 16.2. The number of aromatic nitrogens is 2. The van der Waals surface area contributed by atoms with Crippen LogP contribution in [0.2, 0.25) is 0 Å². The number of aryl methyl sites for hydroxylation is 3. The number of carbonyl (C=O) groups excluding carboxylic acids is 1. The number of aromatic amines is 1. The number of carbonyl (C=O) groups is 1. The van der Waals surface area contributed by atoms with Crippen LogP contribution in [-0.2, 0) is 0 Å². The fraction of sp³-hybridized carbons (Fsp3) is 0.158. The summed E-state index contributed by atoms with van der Waals surface area (Å²) < 4.78 is 1.41. The quantitative estimate of drug-likeness (QED) is 0.755. The fourth-order valence-electron chi connectivity index (χ4n) is 2.82. The minimum absolute atomic E-state index is 0.193. The number of hydrogen-bond donors (Lipinski definition) is 1. The lowest BCUT2D eigenvalue weighted by molar-refractivity contribution is 0.103. The summed E-state index contributed by atoms with van der Waals surface area (Å²) in [5.41, 5.74) is 3.71. The number of nitrogens with one attached hydrogen (secondary N) is 1. The molecule has 0 aliphatic rings. The van der Waals surface area contributed by atoms with Crippen molar-refractivity contribution in [3.8, 4) is 5.69 Å². The van der Waals surface area contributed by atoms with E-state index in [9.17, 15) is 9.59 Å². The highest BCUT2D eigenvalue weighted by Crippen LogP contribution is 2.15. The summed E-state index contributed by atoms with van der Waals surface area (Å²) in [5.74, 6) is -0.245. The second kappa shape index (κ2) is 5.72. The van der Waals surface area contributed by atoms with Crippen molar-refractivity contribution in [2.75, 3.05) is 0 Å². The van der Waals surface area contributed by atoms with Crippen LogP contribution < -0.4 is 5.56 Å². The Morgan fingerprint density at radius 2 is 1.57 bits per heavy atom. The van der Waals surface area contributed by atoms with E-state index in [1.165, 1.54) is 4.68 Å². The molecule has 0 aliphatic heterocycles. The van der Waals surface area contributed by atoms with Gasteiger partial charge in [0, 0.05) is 11.3 Å². The van der Waals surface area contributed by atoms with E-state index in [4.69, 9.17) is 0 Å². The zero-order chi connectivity index (χ0) is 16.6. The third-order valence-electron chi connectivity index (χ3n) is 3.80. The standard InChI is InChI=1S/C19H18N2O2/c1-12-9-13(2)11-15(10-12)18(22)17-14(3)20-21(19(17)23)16-7-5-4-6-8-16/h4-11,20H,1-3H3. The first-order valence-electron chi connectivity index (χ1n) is 7.47. The highest BCUT2D eigenvalue weighted by Gasteiger charge is 2.21. The first kappa shape index (κ1) is 15.0. The maximum Gasteiger partial charge on any atom is 0.282 e. The van der Waals surface area contributed by atoms with E-state index in [-0.39, 0.29) is 16.9 Å². The number of rotatable bonds is 3. The molecule has 0 radical (unpaired) electrons. The Hall–Kier alpha value is -2.88. The molecule has 0 unspecified atom stereocenters. The molecule has 0 saturated heterocycles. The van der Waals surface area contributed by atoms with Crippen molar-refractivity contribution in [1.82, 2.24) is 9.78 Å². The number of para-hydroxylation sites is 1. The second-order valence-corrected chi connectivity index (χ2v) is 5.79. The summed E-state index contributed by atoms with van der Waals surface area (Å²) in [4.78, 5) is 25.5. The highest BCUT2D eigenvalue weighted by molar-refractivity contribution is 6.09. The molecule has 3 rings (SSSR count). The van der Waals surface area contributed by atoms with E-state index in [0.29, 0.717) is 16.9 Å². The molecular formula is C19H18N2O2. The van der Waals surface area contributed by atoms with Gasteiger partial charge in [-0.05, 0) is 45.0 Å². The molecule has 0 spiro atoms. The average molecular weight is 306 g/mol. The third kappa shape index (κ3) is 2.75. The predicted octanol–water partition coefficient (Wildman–Crippen LogP) is 3.32. The third-order valence-corrected chi connectivity index (χ3v) is 3.80. The first-order chi connectivity index (χ1) is 11.0. The fourth-order valence-corrected chi connectivity index (χ4v) is 2.82. The van der Waals surface area contributed by atoms with Crippen LogP contribution in [0.4, 0.5) is 0 Å². The molecule has 0 saturated carbocycles. The van der Waals surface area contributed by atoms with E-state index in [1.54, 1.807) is 6.92 Å². The molecule has 2 aromatic carbocycles. The van der Waals surface area contributed by atoms with Gasteiger partial charge in [0.25, 0.3) is 5.56 Å². The van der Waals surface area contributed by atoms with Crippen LogP contribution in [0, 0.1) is 20.8 Å². The van der Waals surface area contributed by atoms with E-state index in [1.807, 2.05) is 62.4 Å². The topological polar surface area (TPSA) is 54.9 Å². The van der Waals surface area contributed by atoms with Gasteiger partial charge in [-0.1, -0.05) is 35.4 Å². The van der Waals surface area contributed by atoms with Crippen LogP contribution in [0.3, 0.4) is 0 Å². The van der Waals surface area contributed by atoms with Gasteiger partial charge in [0.2, 0.25) is 0 Å². The molecule has 4 heteroatoms. The van der Waals surface area contributed by atoms with Crippen molar-refractivity contribution >= 4 is 5.78 Å². The van der Waals surface area contributed by atoms with Gasteiger partial charge < -0.3 is 0 Å². The largest absolute Gasteiger partial charge is 0.295 e. The smallest absolute Gasteiger partial charge is 0.282 e. The van der Waals surface area contributed by atoms with Crippen LogP contribution in [-0.4, -0.2) is 15.6 Å². The summed E-state index contributed by atoms with van der Waals surface area (Å²) in [6.07, 6.45) is 0. The maximum absolute atomic E-state index is 12.8. The van der Waals surface area contributed by atoms with Gasteiger partial charge in [0.1, 0.15) is 5.56 Å². The molecule has 1 aromatic heterocycles. The molecule has 116 valence electrons. The number of hydrogen-bond acceptors (Lipinski definition) is 2. The summed E-state index contributed by atoms with van der Waals surface area (Å²) >= 11 is 0. The molecule has 0 atom stereocenters. The molecule has 0 aliphatic carbocycles. The molecular weight excluding hydrogens is 288 g/mol. The summed E-state index contributed by atoms with van der Waals surface area (Å²) in [7, 11) is 0. The van der Waals surface area contributed by atoms with E-state index >= 15 is 0 Å². The van der Waals surface area contributed by atoms with Gasteiger partial charge in [-0.15, -0.1) is 0 Å². The van der Waals surface area contributed by atoms with Crippen molar-refractivity contribution in [1.29, 1.82) is 0 Å². The number of ketones is 1. The minimum Gasteiger partial charge on any atom is -0.295 e. The second-order valence-electron chi connectivity index (χ2n) is 5.79. The van der Waals surface area contributed by atoms with Gasteiger partial charge in [0.15, 0.2) is 5.78 Å². The Morgan fingerprint density at radius 1 is 0.957 bits per heavy atom. The average Bonchev–Trinajstić information content (AvgIpc) is 2.81. The normalized spacial score (nSPS) is 10.7. The number of nitrogens with zero attached hydrogens (tertiary/aromatic N) is 1.